The lowest BCUT2D eigenvalue weighted by atomic mass is 10.3. The van der Waals surface area contributed by atoms with Crippen molar-refractivity contribution in [2.24, 2.45) is 0 Å². The minimum Gasteiger partial charge on any atom is -0.468 e. The van der Waals surface area contributed by atoms with Crippen molar-refractivity contribution >= 4 is 39.1 Å². The number of halogens is 1. The maximum Gasteiger partial charge on any atom is 0.325 e. The zero-order valence-electron chi connectivity index (χ0n) is 8.40. The van der Waals surface area contributed by atoms with Gasteiger partial charge in [-0.05, 0) is 18.2 Å². The normalized spacial score (nSPS) is 10.6. The van der Waals surface area contributed by atoms with Crippen LogP contribution in [0.25, 0.3) is 10.2 Å². The van der Waals surface area contributed by atoms with Gasteiger partial charge in [-0.2, -0.15) is 0 Å². The molecule has 0 fully saturated rings. The average molecular weight is 258 g/mol. The van der Waals surface area contributed by atoms with Crippen molar-refractivity contribution in [2.45, 2.75) is 6.54 Å². The first-order chi connectivity index (χ1) is 7.61. The molecule has 16 heavy (non-hydrogen) atoms. The molecule has 6 heteroatoms. The summed E-state index contributed by atoms with van der Waals surface area (Å²) in [4.78, 5) is 22.6. The van der Waals surface area contributed by atoms with Crippen LogP contribution in [0.5, 0.6) is 0 Å². The summed E-state index contributed by atoms with van der Waals surface area (Å²) < 4.78 is 6.69. The third-order valence-corrected chi connectivity index (χ3v) is 3.34. The predicted octanol–water partition coefficient (Wildman–Crippen LogP) is 1.89. The van der Waals surface area contributed by atoms with E-state index in [1.165, 1.54) is 11.7 Å². The summed E-state index contributed by atoms with van der Waals surface area (Å²) in [6.07, 6.45) is 0. The van der Waals surface area contributed by atoms with E-state index in [1.54, 1.807) is 18.2 Å². The van der Waals surface area contributed by atoms with Gasteiger partial charge in [-0.1, -0.05) is 22.9 Å². The monoisotopic (exact) mass is 257 g/mol. The molecule has 0 saturated carbocycles. The van der Waals surface area contributed by atoms with Gasteiger partial charge < -0.3 is 4.74 Å². The number of hydrogen-bond acceptors (Lipinski definition) is 4. The van der Waals surface area contributed by atoms with E-state index in [-0.39, 0.29) is 11.4 Å². The Morgan fingerprint density at radius 1 is 1.56 bits per heavy atom. The summed E-state index contributed by atoms with van der Waals surface area (Å²) in [6, 6.07) is 5.14. The summed E-state index contributed by atoms with van der Waals surface area (Å²) in [6.45, 7) is -0.0876. The van der Waals surface area contributed by atoms with E-state index in [0.29, 0.717) is 10.5 Å². The number of carbonyl (C=O) groups is 1. The first-order valence-corrected chi connectivity index (χ1v) is 5.67. The first kappa shape index (κ1) is 11.2. The Bertz CT molecular complexity index is 602. The van der Waals surface area contributed by atoms with Crippen molar-refractivity contribution in [1.82, 2.24) is 4.57 Å². The zero-order valence-corrected chi connectivity index (χ0v) is 9.97. The van der Waals surface area contributed by atoms with Gasteiger partial charge >= 0.3 is 10.8 Å². The summed E-state index contributed by atoms with van der Waals surface area (Å²) in [5.41, 5.74) is 0.660. The van der Waals surface area contributed by atoms with Gasteiger partial charge in [0.05, 0.1) is 17.3 Å². The van der Waals surface area contributed by atoms with Crippen molar-refractivity contribution in [3.8, 4) is 0 Å². The van der Waals surface area contributed by atoms with Gasteiger partial charge in [-0.3, -0.25) is 14.2 Å². The van der Waals surface area contributed by atoms with Gasteiger partial charge in [0, 0.05) is 5.02 Å². The molecule has 0 spiro atoms. The maximum absolute atomic E-state index is 11.6. The molecule has 2 rings (SSSR count). The molecular formula is C10H8ClNO3S. The first-order valence-electron chi connectivity index (χ1n) is 4.47. The van der Waals surface area contributed by atoms with Gasteiger partial charge in [0.15, 0.2) is 0 Å². The molecule has 0 bridgehead atoms. The molecule has 0 unspecified atom stereocenters. The van der Waals surface area contributed by atoms with Crippen molar-refractivity contribution in [3.63, 3.8) is 0 Å². The number of benzene rings is 1. The average Bonchev–Trinajstić information content (AvgIpc) is 2.55. The number of methoxy groups -OCH3 is 1. The van der Waals surface area contributed by atoms with Gasteiger partial charge in [0.1, 0.15) is 6.54 Å². The Balaban J connectivity index is 2.58. The molecule has 0 atom stereocenters. The lowest BCUT2D eigenvalue weighted by Gasteiger charge is -2.01. The molecule has 1 aromatic heterocycles. The van der Waals surface area contributed by atoms with Crippen LogP contribution in [-0.2, 0) is 16.1 Å². The number of hydrogen-bond donors (Lipinski definition) is 0. The highest BCUT2D eigenvalue weighted by molar-refractivity contribution is 7.16. The topological polar surface area (TPSA) is 48.3 Å². The van der Waals surface area contributed by atoms with Crippen LogP contribution in [0.2, 0.25) is 5.02 Å². The molecule has 1 aromatic carbocycles. The molecule has 0 aliphatic carbocycles. The van der Waals surface area contributed by atoms with Crippen molar-refractivity contribution in [3.05, 3.63) is 32.9 Å². The fourth-order valence-electron chi connectivity index (χ4n) is 1.38. The van der Waals surface area contributed by atoms with E-state index in [1.807, 2.05) is 0 Å². The lowest BCUT2D eigenvalue weighted by Crippen LogP contribution is -2.19. The van der Waals surface area contributed by atoms with E-state index in [2.05, 4.69) is 4.74 Å². The largest absolute Gasteiger partial charge is 0.468 e. The standard InChI is InChI=1S/C10H8ClNO3S/c1-15-9(13)5-12-7-4-6(11)2-3-8(7)16-10(12)14/h2-4H,5H2,1H3. The second kappa shape index (κ2) is 4.27. The maximum atomic E-state index is 11.6. The highest BCUT2D eigenvalue weighted by atomic mass is 35.5. The molecule has 0 radical (unpaired) electrons. The van der Waals surface area contributed by atoms with Crippen molar-refractivity contribution in [1.29, 1.82) is 0 Å². The van der Waals surface area contributed by atoms with Crippen LogP contribution in [0.4, 0.5) is 0 Å². The quantitative estimate of drug-likeness (QED) is 0.772. The van der Waals surface area contributed by atoms with Crippen LogP contribution in [0.3, 0.4) is 0 Å². The minimum atomic E-state index is -0.457. The Hall–Kier alpha value is -1.33. The zero-order chi connectivity index (χ0) is 11.7. The molecule has 0 aliphatic heterocycles. The summed E-state index contributed by atoms with van der Waals surface area (Å²) in [7, 11) is 1.29. The second-order valence-corrected chi connectivity index (χ2v) is 4.57. The molecule has 0 saturated heterocycles. The molecule has 0 amide bonds. The minimum absolute atomic E-state index is 0.0876. The van der Waals surface area contributed by atoms with Crippen molar-refractivity contribution in [2.75, 3.05) is 7.11 Å². The molecule has 4 nitrogen and oxygen atoms in total. The van der Waals surface area contributed by atoms with Crippen molar-refractivity contribution < 1.29 is 9.53 Å². The summed E-state index contributed by atoms with van der Waals surface area (Å²) in [5, 5.41) is 0.531. The Morgan fingerprint density at radius 2 is 2.31 bits per heavy atom. The number of carbonyl (C=O) groups excluding carboxylic acids is 1. The fourth-order valence-corrected chi connectivity index (χ4v) is 2.42. The number of esters is 1. The van der Waals surface area contributed by atoms with Gasteiger partial charge in [0.2, 0.25) is 0 Å². The van der Waals surface area contributed by atoms with E-state index >= 15 is 0 Å². The molecule has 84 valence electrons. The number of thiazole rings is 1. The molecule has 0 aliphatic rings. The Kier molecular flexibility index (Phi) is 2.98. The van der Waals surface area contributed by atoms with Crippen LogP contribution in [0.15, 0.2) is 23.0 Å². The smallest absolute Gasteiger partial charge is 0.325 e. The number of rotatable bonds is 2. The summed E-state index contributed by atoms with van der Waals surface area (Å²) >= 11 is 6.92. The van der Waals surface area contributed by atoms with Crippen LogP contribution < -0.4 is 4.87 Å². The molecule has 0 N–H and O–H groups in total. The van der Waals surface area contributed by atoms with Crippen LogP contribution in [0, 0.1) is 0 Å². The molecule has 2 aromatic rings. The van der Waals surface area contributed by atoms with Gasteiger partial charge in [-0.15, -0.1) is 0 Å². The van der Waals surface area contributed by atoms with E-state index < -0.39 is 5.97 Å². The fraction of sp³-hybridized carbons (Fsp3) is 0.200. The predicted molar refractivity (Wildman–Crippen MR) is 63.1 cm³/mol. The molecular weight excluding hydrogens is 250 g/mol. The van der Waals surface area contributed by atoms with Crippen LogP contribution in [0.1, 0.15) is 0 Å². The van der Waals surface area contributed by atoms with E-state index in [4.69, 9.17) is 11.6 Å². The number of ether oxygens (including phenoxy) is 1. The Labute approximate surface area is 100 Å². The number of aromatic nitrogens is 1. The number of nitrogens with zero attached hydrogens (tertiary/aromatic N) is 1. The van der Waals surface area contributed by atoms with Gasteiger partial charge in [0.25, 0.3) is 0 Å². The highest BCUT2D eigenvalue weighted by Crippen LogP contribution is 2.21. The van der Waals surface area contributed by atoms with Crippen LogP contribution >= 0.6 is 22.9 Å². The highest BCUT2D eigenvalue weighted by Gasteiger charge is 2.11. The Morgan fingerprint density at radius 3 is 3.00 bits per heavy atom. The van der Waals surface area contributed by atoms with Gasteiger partial charge in [-0.25, -0.2) is 0 Å². The SMILES string of the molecule is COC(=O)Cn1c(=O)sc2ccc(Cl)cc21. The van der Waals surface area contributed by atoms with E-state index in [9.17, 15) is 9.59 Å². The third kappa shape index (κ3) is 1.96. The molecule has 1 heterocycles. The van der Waals surface area contributed by atoms with Crippen LogP contribution in [-0.4, -0.2) is 17.6 Å². The number of fused-ring (bicyclic) bond motifs is 1. The lowest BCUT2D eigenvalue weighted by molar-refractivity contribution is -0.141. The van der Waals surface area contributed by atoms with E-state index in [0.717, 1.165) is 16.0 Å². The summed E-state index contributed by atoms with van der Waals surface area (Å²) in [5.74, 6) is -0.457. The third-order valence-electron chi connectivity index (χ3n) is 2.14. The second-order valence-electron chi connectivity index (χ2n) is 3.14.